The molecule has 7 nitrogen and oxygen atoms in total. The number of rotatable bonds is 5. The highest BCUT2D eigenvalue weighted by Crippen LogP contribution is 2.24. The molecule has 7 heteroatoms. The van der Waals surface area contributed by atoms with E-state index in [2.05, 4.69) is 30.8 Å². The number of fused-ring (bicyclic) bond motifs is 1. The minimum Gasteiger partial charge on any atom is -0.508 e. The summed E-state index contributed by atoms with van der Waals surface area (Å²) in [4.78, 5) is 8.89. The number of aryl methyl sites for hydroxylation is 2. The largest absolute Gasteiger partial charge is 0.508 e. The molecule has 1 aliphatic rings. The molecule has 0 radical (unpaired) electrons. The van der Waals surface area contributed by atoms with Crippen molar-refractivity contribution in [2.75, 3.05) is 10.6 Å². The van der Waals surface area contributed by atoms with Crippen LogP contribution in [0.5, 0.6) is 5.75 Å². The van der Waals surface area contributed by atoms with Crippen LogP contribution in [0.25, 0.3) is 0 Å². The van der Waals surface area contributed by atoms with Crippen LogP contribution in [0, 0.1) is 6.92 Å². The van der Waals surface area contributed by atoms with Gasteiger partial charge in [0, 0.05) is 29.2 Å². The van der Waals surface area contributed by atoms with Gasteiger partial charge in [-0.15, -0.1) is 0 Å². The molecule has 0 saturated heterocycles. The number of hydrogen-bond acceptors (Lipinski definition) is 6. The molecule has 3 aromatic rings. The van der Waals surface area contributed by atoms with Crippen molar-refractivity contribution in [1.82, 2.24) is 20.2 Å². The molecule has 0 saturated carbocycles. The molecule has 2 aromatic heterocycles. The third kappa shape index (κ3) is 3.40. The first-order valence-electron chi connectivity index (χ1n) is 8.38. The molecule has 0 unspecified atom stereocenters. The summed E-state index contributed by atoms with van der Waals surface area (Å²) in [6.45, 7) is 2.56. The van der Waals surface area contributed by atoms with Crippen LogP contribution >= 0.6 is 0 Å². The Labute approximate surface area is 145 Å². The van der Waals surface area contributed by atoms with Crippen LogP contribution in [-0.4, -0.2) is 25.3 Å². The molecule has 25 heavy (non-hydrogen) atoms. The number of phenolic OH excluding ortho intramolecular Hbond substituents is 1. The third-order valence-corrected chi connectivity index (χ3v) is 4.29. The second-order valence-electron chi connectivity index (χ2n) is 6.23. The van der Waals surface area contributed by atoms with Gasteiger partial charge < -0.3 is 15.7 Å². The average molecular weight is 336 g/mol. The third-order valence-electron chi connectivity index (χ3n) is 4.29. The predicted molar refractivity (Wildman–Crippen MR) is 96.1 cm³/mol. The van der Waals surface area contributed by atoms with Crippen molar-refractivity contribution in [2.24, 2.45) is 0 Å². The fourth-order valence-corrected chi connectivity index (χ4v) is 3.14. The molecule has 0 atom stereocenters. The molecule has 4 N–H and O–H groups in total. The highest BCUT2D eigenvalue weighted by atomic mass is 16.3. The topological polar surface area (TPSA) is 98.8 Å². The molecule has 1 aliphatic carbocycles. The van der Waals surface area contributed by atoms with E-state index in [-0.39, 0.29) is 5.75 Å². The van der Waals surface area contributed by atoms with Crippen molar-refractivity contribution >= 4 is 17.5 Å². The number of hydrogen-bond donors (Lipinski definition) is 4. The van der Waals surface area contributed by atoms with Gasteiger partial charge in [-0.1, -0.05) is 6.07 Å². The van der Waals surface area contributed by atoms with E-state index < -0.39 is 0 Å². The van der Waals surface area contributed by atoms with E-state index in [4.69, 9.17) is 0 Å². The minimum atomic E-state index is 0.198. The maximum absolute atomic E-state index is 9.56. The maximum atomic E-state index is 9.56. The van der Waals surface area contributed by atoms with Crippen LogP contribution in [0.4, 0.5) is 17.5 Å². The predicted octanol–water partition coefficient (Wildman–Crippen LogP) is 3.06. The normalized spacial score (nSPS) is 12.8. The van der Waals surface area contributed by atoms with Gasteiger partial charge in [-0.2, -0.15) is 10.1 Å². The zero-order valence-corrected chi connectivity index (χ0v) is 14.0. The summed E-state index contributed by atoms with van der Waals surface area (Å²) in [5, 5.41) is 23.5. The Morgan fingerprint density at radius 2 is 2.12 bits per heavy atom. The number of benzene rings is 1. The molecular weight excluding hydrogens is 316 g/mol. The number of anilines is 3. The van der Waals surface area contributed by atoms with Crippen LogP contribution in [0.2, 0.25) is 0 Å². The van der Waals surface area contributed by atoms with Gasteiger partial charge in [0.2, 0.25) is 5.95 Å². The number of nitrogens with one attached hydrogen (secondary N) is 3. The number of H-pyrrole nitrogens is 1. The van der Waals surface area contributed by atoms with Gasteiger partial charge in [0.05, 0.1) is 12.2 Å². The summed E-state index contributed by atoms with van der Waals surface area (Å²) in [6, 6.07) is 8.78. The summed E-state index contributed by atoms with van der Waals surface area (Å²) >= 11 is 0. The molecule has 128 valence electrons. The molecule has 1 aromatic carbocycles. The molecule has 0 spiro atoms. The van der Waals surface area contributed by atoms with Crippen LogP contribution in [-0.2, 0) is 19.4 Å². The molecule has 0 amide bonds. The number of aromatic hydroxyl groups is 1. The molecule has 4 rings (SSSR count). The SMILES string of the molecule is Cc1cc(NCc2n[nH]c3c2CCC3)nc(Nc2cccc(O)c2)n1. The lowest BCUT2D eigenvalue weighted by Crippen LogP contribution is -2.07. The lowest BCUT2D eigenvalue weighted by molar-refractivity contribution is 0.475. The van der Waals surface area contributed by atoms with Crippen molar-refractivity contribution in [3.8, 4) is 5.75 Å². The van der Waals surface area contributed by atoms with Gasteiger partial charge in [-0.05, 0) is 43.9 Å². The lowest BCUT2D eigenvalue weighted by atomic mass is 10.2. The Balaban J connectivity index is 1.49. The average Bonchev–Trinajstić information content (AvgIpc) is 3.16. The van der Waals surface area contributed by atoms with E-state index in [1.165, 1.54) is 17.7 Å². The molecule has 0 bridgehead atoms. The van der Waals surface area contributed by atoms with Crippen molar-refractivity contribution < 1.29 is 5.11 Å². The smallest absolute Gasteiger partial charge is 0.229 e. The van der Waals surface area contributed by atoms with E-state index in [1.54, 1.807) is 18.2 Å². The maximum Gasteiger partial charge on any atom is 0.229 e. The van der Waals surface area contributed by atoms with Crippen molar-refractivity contribution in [3.63, 3.8) is 0 Å². The lowest BCUT2D eigenvalue weighted by Gasteiger charge is -2.10. The van der Waals surface area contributed by atoms with Gasteiger partial charge in [0.1, 0.15) is 11.6 Å². The van der Waals surface area contributed by atoms with E-state index in [0.29, 0.717) is 12.5 Å². The first-order valence-corrected chi connectivity index (χ1v) is 8.38. The van der Waals surface area contributed by atoms with Crippen molar-refractivity contribution in [3.05, 3.63) is 53.0 Å². The second kappa shape index (κ2) is 6.43. The van der Waals surface area contributed by atoms with E-state index in [9.17, 15) is 5.11 Å². The van der Waals surface area contributed by atoms with Gasteiger partial charge >= 0.3 is 0 Å². The standard InChI is InChI=1S/C18H20N6O/c1-11-8-17(19-10-16-14-6-3-7-15(14)23-24-16)22-18(20-11)21-12-4-2-5-13(25)9-12/h2,4-5,8-9,25H,3,6-7,10H2,1H3,(H,23,24)(H2,19,20,21,22). The Hall–Kier alpha value is -3.09. The van der Waals surface area contributed by atoms with Crippen LogP contribution in [0.1, 0.15) is 29.1 Å². The first-order chi connectivity index (χ1) is 12.2. The molecule has 0 fully saturated rings. The van der Waals surface area contributed by atoms with Gasteiger partial charge in [-0.25, -0.2) is 4.98 Å². The fourth-order valence-electron chi connectivity index (χ4n) is 3.14. The van der Waals surface area contributed by atoms with Crippen molar-refractivity contribution in [2.45, 2.75) is 32.7 Å². The summed E-state index contributed by atoms with van der Waals surface area (Å²) in [5.74, 6) is 1.42. The van der Waals surface area contributed by atoms with E-state index >= 15 is 0 Å². The Bertz CT molecular complexity index is 904. The Kier molecular flexibility index (Phi) is 3.97. The summed E-state index contributed by atoms with van der Waals surface area (Å²) < 4.78 is 0. The highest BCUT2D eigenvalue weighted by Gasteiger charge is 2.18. The summed E-state index contributed by atoms with van der Waals surface area (Å²) in [5.41, 5.74) is 5.26. The van der Waals surface area contributed by atoms with Gasteiger partial charge in [0.25, 0.3) is 0 Å². The minimum absolute atomic E-state index is 0.198. The summed E-state index contributed by atoms with van der Waals surface area (Å²) in [7, 11) is 0. The fraction of sp³-hybridized carbons (Fsp3) is 0.278. The first kappa shape index (κ1) is 15.4. The quantitative estimate of drug-likeness (QED) is 0.571. The van der Waals surface area contributed by atoms with Crippen LogP contribution in [0.15, 0.2) is 30.3 Å². The Morgan fingerprint density at radius 3 is 3.00 bits per heavy atom. The highest BCUT2D eigenvalue weighted by molar-refractivity contribution is 5.57. The van der Waals surface area contributed by atoms with E-state index in [0.717, 1.165) is 35.7 Å². The number of phenols is 1. The number of aromatic amines is 1. The Morgan fingerprint density at radius 1 is 1.20 bits per heavy atom. The van der Waals surface area contributed by atoms with Crippen LogP contribution < -0.4 is 10.6 Å². The molecular formula is C18H20N6O. The van der Waals surface area contributed by atoms with E-state index in [1.807, 2.05) is 19.1 Å². The zero-order valence-electron chi connectivity index (χ0n) is 14.0. The summed E-state index contributed by atoms with van der Waals surface area (Å²) in [6.07, 6.45) is 3.38. The zero-order chi connectivity index (χ0) is 17.2. The number of aromatic nitrogens is 4. The monoisotopic (exact) mass is 336 g/mol. The van der Waals surface area contributed by atoms with Crippen LogP contribution in [0.3, 0.4) is 0 Å². The van der Waals surface area contributed by atoms with Gasteiger partial charge in [0.15, 0.2) is 0 Å². The van der Waals surface area contributed by atoms with Gasteiger partial charge in [-0.3, -0.25) is 5.10 Å². The second-order valence-corrected chi connectivity index (χ2v) is 6.23. The van der Waals surface area contributed by atoms with Crippen molar-refractivity contribution in [1.29, 1.82) is 0 Å². The molecule has 0 aliphatic heterocycles. The molecule has 2 heterocycles. The number of nitrogens with zero attached hydrogens (tertiary/aromatic N) is 3.